The van der Waals surface area contributed by atoms with Crippen molar-refractivity contribution in [2.75, 3.05) is 0 Å². The minimum Gasteiger partial charge on any atom is -0.478 e. The topological polar surface area (TPSA) is 37.3 Å². The normalized spacial score (nSPS) is 16.7. The highest BCUT2D eigenvalue weighted by molar-refractivity contribution is 5.90. The fourth-order valence-corrected chi connectivity index (χ4v) is 2.35. The Morgan fingerprint density at radius 2 is 1.89 bits per heavy atom. The molecule has 0 atom stereocenters. The lowest BCUT2D eigenvalue weighted by Gasteiger charge is -2.28. The molecule has 0 spiro atoms. The Balaban J connectivity index is 2.28. The number of rotatable bonds is 4. The van der Waals surface area contributed by atoms with Gasteiger partial charge in [0.2, 0.25) is 0 Å². The summed E-state index contributed by atoms with van der Waals surface area (Å²) in [4.78, 5) is 10.9. The SMILES string of the molecule is CC(C)c1ccc(/C(=C/C(=O)O)C2CCC2)cc1. The van der Waals surface area contributed by atoms with Crippen molar-refractivity contribution in [3.63, 3.8) is 0 Å². The minimum atomic E-state index is -0.843. The van der Waals surface area contributed by atoms with E-state index in [9.17, 15) is 4.79 Å². The summed E-state index contributed by atoms with van der Waals surface area (Å²) in [7, 11) is 0. The summed E-state index contributed by atoms with van der Waals surface area (Å²) < 4.78 is 0. The smallest absolute Gasteiger partial charge is 0.328 e. The van der Waals surface area contributed by atoms with Gasteiger partial charge in [-0.25, -0.2) is 4.79 Å². The van der Waals surface area contributed by atoms with Crippen LogP contribution in [0.25, 0.3) is 5.57 Å². The van der Waals surface area contributed by atoms with E-state index in [1.807, 2.05) is 0 Å². The predicted octanol–water partition coefficient (Wildman–Crippen LogP) is 4.08. The molecule has 1 aromatic rings. The second kappa shape index (κ2) is 5.38. The summed E-state index contributed by atoms with van der Waals surface area (Å²) in [5.74, 6) is 0.102. The molecule has 18 heavy (non-hydrogen) atoms. The molecular formula is C16H20O2. The molecule has 1 saturated carbocycles. The van der Waals surface area contributed by atoms with Gasteiger partial charge in [0.1, 0.15) is 0 Å². The van der Waals surface area contributed by atoms with Crippen molar-refractivity contribution < 1.29 is 9.90 Å². The number of carboxylic acids is 1. The molecule has 2 rings (SSSR count). The van der Waals surface area contributed by atoms with Crippen molar-refractivity contribution in [3.8, 4) is 0 Å². The van der Waals surface area contributed by atoms with E-state index in [1.165, 1.54) is 18.1 Å². The summed E-state index contributed by atoms with van der Waals surface area (Å²) in [5.41, 5.74) is 3.34. The Labute approximate surface area is 108 Å². The molecule has 2 heteroatoms. The monoisotopic (exact) mass is 244 g/mol. The van der Waals surface area contributed by atoms with Crippen molar-refractivity contribution in [1.82, 2.24) is 0 Å². The largest absolute Gasteiger partial charge is 0.478 e. The van der Waals surface area contributed by atoms with E-state index in [0.717, 1.165) is 24.0 Å². The maximum Gasteiger partial charge on any atom is 0.328 e. The van der Waals surface area contributed by atoms with Crippen molar-refractivity contribution in [3.05, 3.63) is 41.5 Å². The van der Waals surface area contributed by atoms with E-state index in [-0.39, 0.29) is 0 Å². The number of hydrogen-bond acceptors (Lipinski definition) is 1. The first-order chi connectivity index (χ1) is 8.58. The van der Waals surface area contributed by atoms with Gasteiger partial charge in [-0.15, -0.1) is 0 Å². The highest BCUT2D eigenvalue weighted by Crippen LogP contribution is 2.38. The third-order valence-corrected chi connectivity index (χ3v) is 3.73. The zero-order valence-corrected chi connectivity index (χ0v) is 11.0. The fraction of sp³-hybridized carbons (Fsp3) is 0.438. The van der Waals surface area contributed by atoms with Crippen molar-refractivity contribution >= 4 is 11.5 Å². The van der Waals surface area contributed by atoms with Gasteiger partial charge in [-0.2, -0.15) is 0 Å². The van der Waals surface area contributed by atoms with Crippen molar-refractivity contribution in [2.24, 2.45) is 5.92 Å². The van der Waals surface area contributed by atoms with Gasteiger partial charge in [0.15, 0.2) is 0 Å². The minimum absolute atomic E-state index is 0.436. The number of carbonyl (C=O) groups is 1. The van der Waals surface area contributed by atoms with Crippen LogP contribution in [0.2, 0.25) is 0 Å². The third kappa shape index (κ3) is 2.81. The molecule has 2 nitrogen and oxygen atoms in total. The first-order valence-electron chi connectivity index (χ1n) is 6.62. The van der Waals surface area contributed by atoms with Gasteiger partial charge in [0.25, 0.3) is 0 Å². The summed E-state index contributed by atoms with van der Waals surface area (Å²) >= 11 is 0. The second-order valence-corrected chi connectivity index (χ2v) is 5.34. The van der Waals surface area contributed by atoms with Crippen LogP contribution in [0.4, 0.5) is 0 Å². The van der Waals surface area contributed by atoms with E-state index >= 15 is 0 Å². The van der Waals surface area contributed by atoms with Crippen LogP contribution >= 0.6 is 0 Å². The number of allylic oxidation sites excluding steroid dienone is 1. The van der Waals surface area contributed by atoms with Gasteiger partial charge in [-0.05, 0) is 41.4 Å². The Kier molecular flexibility index (Phi) is 3.85. The first kappa shape index (κ1) is 12.9. The molecule has 96 valence electrons. The molecule has 0 bridgehead atoms. The van der Waals surface area contributed by atoms with Crippen LogP contribution in [0.1, 0.15) is 50.2 Å². The lowest BCUT2D eigenvalue weighted by Crippen LogP contribution is -2.14. The Bertz CT molecular complexity index is 450. The van der Waals surface area contributed by atoms with E-state index in [4.69, 9.17) is 5.11 Å². The van der Waals surface area contributed by atoms with Gasteiger partial charge in [0.05, 0.1) is 0 Å². The highest BCUT2D eigenvalue weighted by Gasteiger charge is 2.23. The lowest BCUT2D eigenvalue weighted by atomic mass is 9.76. The van der Waals surface area contributed by atoms with Crippen molar-refractivity contribution in [2.45, 2.75) is 39.0 Å². The summed E-state index contributed by atoms with van der Waals surface area (Å²) in [6.07, 6.45) is 4.83. The number of hydrogen-bond donors (Lipinski definition) is 1. The highest BCUT2D eigenvalue weighted by atomic mass is 16.4. The zero-order valence-electron chi connectivity index (χ0n) is 11.0. The van der Waals surface area contributed by atoms with Gasteiger partial charge in [-0.3, -0.25) is 0 Å². The molecule has 0 aromatic heterocycles. The van der Waals surface area contributed by atoms with Gasteiger partial charge in [-0.1, -0.05) is 44.5 Å². The first-order valence-corrected chi connectivity index (χ1v) is 6.62. The van der Waals surface area contributed by atoms with Crippen LogP contribution in [0.5, 0.6) is 0 Å². The van der Waals surface area contributed by atoms with E-state index in [2.05, 4.69) is 38.1 Å². The predicted molar refractivity (Wildman–Crippen MR) is 73.5 cm³/mol. The van der Waals surface area contributed by atoms with Crippen LogP contribution in [0, 0.1) is 5.92 Å². The molecule has 1 N–H and O–H groups in total. The van der Waals surface area contributed by atoms with Crippen LogP contribution in [-0.4, -0.2) is 11.1 Å². The Morgan fingerprint density at radius 3 is 2.28 bits per heavy atom. The quantitative estimate of drug-likeness (QED) is 0.810. The average Bonchev–Trinajstić information content (AvgIpc) is 2.25. The van der Waals surface area contributed by atoms with Crippen molar-refractivity contribution in [1.29, 1.82) is 0 Å². The molecule has 1 aliphatic rings. The summed E-state index contributed by atoms with van der Waals surface area (Å²) in [5, 5.41) is 8.98. The maximum atomic E-state index is 10.9. The molecule has 0 radical (unpaired) electrons. The number of benzene rings is 1. The zero-order chi connectivity index (χ0) is 13.1. The molecule has 0 unspecified atom stereocenters. The molecule has 1 aromatic carbocycles. The standard InChI is InChI=1S/C16H20O2/c1-11(2)12-6-8-14(9-7-12)15(10-16(17)18)13-4-3-5-13/h6-11,13H,3-5H2,1-2H3,(H,17,18)/b15-10+. The van der Waals surface area contributed by atoms with E-state index in [1.54, 1.807) is 0 Å². The average molecular weight is 244 g/mol. The number of aliphatic carboxylic acids is 1. The molecule has 0 amide bonds. The fourth-order valence-electron chi connectivity index (χ4n) is 2.35. The lowest BCUT2D eigenvalue weighted by molar-refractivity contribution is -0.131. The Morgan fingerprint density at radius 1 is 1.28 bits per heavy atom. The van der Waals surface area contributed by atoms with Crippen LogP contribution < -0.4 is 0 Å². The van der Waals surface area contributed by atoms with Crippen LogP contribution in [0.15, 0.2) is 30.3 Å². The molecule has 0 heterocycles. The van der Waals surface area contributed by atoms with Gasteiger partial charge < -0.3 is 5.11 Å². The maximum absolute atomic E-state index is 10.9. The molecule has 1 fully saturated rings. The second-order valence-electron chi connectivity index (χ2n) is 5.34. The van der Waals surface area contributed by atoms with Crippen LogP contribution in [0.3, 0.4) is 0 Å². The van der Waals surface area contributed by atoms with Gasteiger partial charge in [0, 0.05) is 6.08 Å². The molecule has 0 aliphatic heterocycles. The number of carboxylic acid groups (broad SMARTS) is 1. The molecular weight excluding hydrogens is 224 g/mol. The third-order valence-electron chi connectivity index (χ3n) is 3.73. The molecule has 1 aliphatic carbocycles. The van der Waals surface area contributed by atoms with E-state index in [0.29, 0.717) is 11.8 Å². The Hall–Kier alpha value is -1.57. The summed E-state index contributed by atoms with van der Waals surface area (Å²) in [6, 6.07) is 8.33. The van der Waals surface area contributed by atoms with Crippen LogP contribution in [-0.2, 0) is 4.79 Å². The van der Waals surface area contributed by atoms with E-state index < -0.39 is 5.97 Å². The molecule has 0 saturated heterocycles. The van der Waals surface area contributed by atoms with Gasteiger partial charge >= 0.3 is 5.97 Å². The summed E-state index contributed by atoms with van der Waals surface area (Å²) in [6.45, 7) is 4.32.